The number of aliphatic hydroxyl groups excluding tert-OH is 1. The number of hydrogen-bond acceptors (Lipinski definition) is 3. The van der Waals surface area contributed by atoms with Crippen molar-refractivity contribution in [2.45, 2.75) is 25.9 Å². The number of ether oxygens (including phenoxy) is 1. The van der Waals surface area contributed by atoms with Crippen molar-refractivity contribution in [3.05, 3.63) is 35.9 Å². The first-order chi connectivity index (χ1) is 8.22. The van der Waals surface area contributed by atoms with E-state index in [-0.39, 0.29) is 12.7 Å². The number of nitriles is 1. The van der Waals surface area contributed by atoms with E-state index >= 15 is 0 Å². The SMILES string of the molecule is C=Cc1cccc(CCC#N)c1O[C@H](C)CO. The van der Waals surface area contributed by atoms with Gasteiger partial charge in [0.2, 0.25) is 0 Å². The molecule has 0 amide bonds. The number of aryl methyl sites for hydroxylation is 1. The van der Waals surface area contributed by atoms with Gasteiger partial charge in [-0.3, -0.25) is 0 Å². The van der Waals surface area contributed by atoms with Crippen molar-refractivity contribution >= 4 is 6.08 Å². The number of rotatable bonds is 6. The van der Waals surface area contributed by atoms with Gasteiger partial charge in [0, 0.05) is 12.0 Å². The third kappa shape index (κ3) is 3.61. The van der Waals surface area contributed by atoms with Crippen molar-refractivity contribution in [3.63, 3.8) is 0 Å². The molecule has 0 spiro atoms. The summed E-state index contributed by atoms with van der Waals surface area (Å²) < 4.78 is 5.68. The molecule has 0 aliphatic heterocycles. The standard InChI is InChI=1S/C14H17NO2/c1-3-12-6-4-7-13(8-5-9-15)14(12)17-11(2)10-16/h3-4,6-7,11,16H,1,5,8,10H2,2H3/t11-/m1/s1. The van der Waals surface area contributed by atoms with Crippen molar-refractivity contribution in [1.82, 2.24) is 0 Å². The van der Waals surface area contributed by atoms with Gasteiger partial charge in [-0.1, -0.05) is 30.9 Å². The number of benzene rings is 1. The molecule has 1 aromatic rings. The number of para-hydroxylation sites is 1. The van der Waals surface area contributed by atoms with E-state index in [1.807, 2.05) is 18.2 Å². The lowest BCUT2D eigenvalue weighted by molar-refractivity contribution is 0.128. The number of nitrogens with zero attached hydrogens (tertiary/aromatic N) is 1. The third-order valence-corrected chi connectivity index (χ3v) is 2.43. The molecule has 0 fully saturated rings. The van der Waals surface area contributed by atoms with Gasteiger partial charge in [0.1, 0.15) is 11.9 Å². The topological polar surface area (TPSA) is 53.2 Å². The Morgan fingerprint density at radius 2 is 2.35 bits per heavy atom. The minimum absolute atomic E-state index is 0.0385. The summed E-state index contributed by atoms with van der Waals surface area (Å²) >= 11 is 0. The molecule has 0 unspecified atom stereocenters. The minimum atomic E-state index is -0.267. The van der Waals surface area contributed by atoms with E-state index in [0.29, 0.717) is 12.8 Å². The summed E-state index contributed by atoms with van der Waals surface area (Å²) in [6.07, 6.45) is 2.54. The largest absolute Gasteiger partial charge is 0.487 e. The maximum atomic E-state index is 9.02. The summed E-state index contributed by atoms with van der Waals surface area (Å²) in [5.41, 5.74) is 1.87. The fourth-order valence-electron chi connectivity index (χ4n) is 1.54. The molecule has 0 bridgehead atoms. The van der Waals surface area contributed by atoms with Crippen LogP contribution in [0.3, 0.4) is 0 Å². The Bertz CT molecular complexity index is 421. The molecular weight excluding hydrogens is 214 g/mol. The quantitative estimate of drug-likeness (QED) is 0.818. The second-order valence-corrected chi connectivity index (χ2v) is 3.81. The van der Waals surface area contributed by atoms with E-state index in [0.717, 1.165) is 16.9 Å². The first-order valence-electron chi connectivity index (χ1n) is 5.61. The first-order valence-corrected chi connectivity index (χ1v) is 5.61. The van der Waals surface area contributed by atoms with Crippen molar-refractivity contribution in [1.29, 1.82) is 5.26 Å². The maximum absolute atomic E-state index is 9.02. The van der Waals surface area contributed by atoms with Crippen molar-refractivity contribution in [2.75, 3.05) is 6.61 Å². The van der Waals surface area contributed by atoms with E-state index in [2.05, 4.69) is 12.6 Å². The molecule has 0 aliphatic rings. The molecule has 1 N–H and O–H groups in total. The molecule has 3 heteroatoms. The van der Waals surface area contributed by atoms with Gasteiger partial charge in [0.25, 0.3) is 0 Å². The summed E-state index contributed by atoms with van der Waals surface area (Å²) in [4.78, 5) is 0. The highest BCUT2D eigenvalue weighted by atomic mass is 16.5. The fourth-order valence-corrected chi connectivity index (χ4v) is 1.54. The van der Waals surface area contributed by atoms with Gasteiger partial charge in [0.15, 0.2) is 0 Å². The minimum Gasteiger partial charge on any atom is -0.487 e. The van der Waals surface area contributed by atoms with Crippen LogP contribution in [0.15, 0.2) is 24.8 Å². The Hall–Kier alpha value is -1.79. The Balaban J connectivity index is 3.02. The maximum Gasteiger partial charge on any atom is 0.130 e. The summed E-state index contributed by atoms with van der Waals surface area (Å²) in [5.74, 6) is 0.722. The Kier molecular flexibility index (Phi) is 5.25. The van der Waals surface area contributed by atoms with E-state index < -0.39 is 0 Å². The van der Waals surface area contributed by atoms with Crippen molar-refractivity contribution < 1.29 is 9.84 Å². The predicted molar refractivity (Wildman–Crippen MR) is 67.6 cm³/mol. The molecule has 0 saturated carbocycles. The van der Waals surface area contributed by atoms with Gasteiger partial charge in [-0.15, -0.1) is 0 Å². The zero-order chi connectivity index (χ0) is 12.7. The highest BCUT2D eigenvalue weighted by Gasteiger charge is 2.10. The molecule has 90 valence electrons. The summed E-state index contributed by atoms with van der Waals surface area (Å²) in [6.45, 7) is 5.50. The molecule has 1 atom stereocenters. The van der Waals surface area contributed by atoms with Crippen LogP contribution >= 0.6 is 0 Å². The molecule has 1 rings (SSSR count). The average Bonchev–Trinajstić information content (AvgIpc) is 2.37. The van der Waals surface area contributed by atoms with Crippen LogP contribution in [-0.2, 0) is 6.42 Å². The second kappa shape index (κ2) is 6.72. The van der Waals surface area contributed by atoms with Crippen molar-refractivity contribution in [2.24, 2.45) is 0 Å². The monoisotopic (exact) mass is 231 g/mol. The van der Waals surface area contributed by atoms with Crippen LogP contribution < -0.4 is 4.74 Å². The predicted octanol–water partition coefficient (Wildman–Crippen LogP) is 2.55. The third-order valence-electron chi connectivity index (χ3n) is 2.43. The molecule has 0 aromatic heterocycles. The van der Waals surface area contributed by atoms with Crippen LogP contribution in [-0.4, -0.2) is 17.8 Å². The van der Waals surface area contributed by atoms with Gasteiger partial charge < -0.3 is 9.84 Å². The van der Waals surface area contributed by atoms with E-state index in [9.17, 15) is 0 Å². The normalized spacial score (nSPS) is 11.6. The van der Waals surface area contributed by atoms with Gasteiger partial charge in [-0.25, -0.2) is 0 Å². The van der Waals surface area contributed by atoms with E-state index in [4.69, 9.17) is 15.1 Å². The van der Waals surface area contributed by atoms with Gasteiger partial charge in [0.05, 0.1) is 12.7 Å². The zero-order valence-corrected chi connectivity index (χ0v) is 10.0. The van der Waals surface area contributed by atoms with Gasteiger partial charge >= 0.3 is 0 Å². The van der Waals surface area contributed by atoms with Crippen LogP contribution in [0.4, 0.5) is 0 Å². The lowest BCUT2D eigenvalue weighted by atomic mass is 10.0. The average molecular weight is 231 g/mol. The molecular formula is C14H17NO2. The molecule has 0 radical (unpaired) electrons. The molecule has 0 heterocycles. The summed E-state index contributed by atoms with van der Waals surface area (Å²) in [6, 6.07) is 7.87. The van der Waals surface area contributed by atoms with Crippen LogP contribution in [0.5, 0.6) is 5.75 Å². The highest BCUT2D eigenvalue weighted by molar-refractivity contribution is 5.58. The van der Waals surface area contributed by atoms with Crippen molar-refractivity contribution in [3.8, 4) is 11.8 Å². The lowest BCUT2D eigenvalue weighted by Gasteiger charge is -2.17. The zero-order valence-electron chi connectivity index (χ0n) is 10.0. The van der Waals surface area contributed by atoms with E-state index in [1.54, 1.807) is 13.0 Å². The number of hydrogen-bond donors (Lipinski definition) is 1. The highest BCUT2D eigenvalue weighted by Crippen LogP contribution is 2.27. The number of aliphatic hydroxyl groups is 1. The Morgan fingerprint density at radius 3 is 2.94 bits per heavy atom. The molecule has 0 saturated heterocycles. The van der Waals surface area contributed by atoms with Gasteiger partial charge in [-0.2, -0.15) is 5.26 Å². The Morgan fingerprint density at radius 1 is 1.59 bits per heavy atom. The van der Waals surface area contributed by atoms with Crippen LogP contribution in [0.25, 0.3) is 6.08 Å². The smallest absolute Gasteiger partial charge is 0.130 e. The van der Waals surface area contributed by atoms with Gasteiger partial charge in [-0.05, 0) is 18.9 Å². The van der Waals surface area contributed by atoms with Crippen LogP contribution in [0, 0.1) is 11.3 Å². The molecule has 17 heavy (non-hydrogen) atoms. The Labute approximate surface area is 102 Å². The second-order valence-electron chi connectivity index (χ2n) is 3.81. The van der Waals surface area contributed by atoms with E-state index in [1.165, 1.54) is 0 Å². The summed E-state index contributed by atoms with van der Waals surface area (Å²) in [7, 11) is 0. The summed E-state index contributed by atoms with van der Waals surface area (Å²) in [5, 5.41) is 17.6. The van der Waals surface area contributed by atoms with Crippen LogP contribution in [0.1, 0.15) is 24.5 Å². The van der Waals surface area contributed by atoms with Crippen LogP contribution in [0.2, 0.25) is 0 Å². The molecule has 0 aliphatic carbocycles. The molecule has 1 aromatic carbocycles. The lowest BCUT2D eigenvalue weighted by Crippen LogP contribution is -2.17. The molecule has 3 nitrogen and oxygen atoms in total. The first kappa shape index (κ1) is 13.3. The fraction of sp³-hybridized carbons (Fsp3) is 0.357.